The summed E-state index contributed by atoms with van der Waals surface area (Å²) in [6.07, 6.45) is 1.62. The van der Waals surface area contributed by atoms with Gasteiger partial charge in [-0.1, -0.05) is 22.9 Å². The lowest BCUT2D eigenvalue weighted by molar-refractivity contribution is 0.312. The molecule has 0 aromatic carbocycles. The number of hydrogen-bond donors (Lipinski definition) is 1. The lowest BCUT2D eigenvalue weighted by Gasteiger charge is -2.32. The van der Waals surface area contributed by atoms with Gasteiger partial charge in [0, 0.05) is 37.8 Å². The van der Waals surface area contributed by atoms with Crippen LogP contribution in [0.15, 0.2) is 23.7 Å². The van der Waals surface area contributed by atoms with Gasteiger partial charge in [-0.2, -0.15) is 0 Å². The first-order valence-electron chi connectivity index (χ1n) is 8.34. The Hall–Kier alpha value is -1.74. The molecule has 1 saturated heterocycles. The van der Waals surface area contributed by atoms with E-state index in [1.165, 1.54) is 0 Å². The fourth-order valence-corrected chi connectivity index (χ4v) is 4.72. The van der Waals surface area contributed by atoms with Crippen molar-refractivity contribution in [3.8, 4) is 10.6 Å². The quantitative estimate of drug-likeness (QED) is 0.703. The largest absolute Gasteiger partial charge is 0.346 e. The number of aryl methyl sites for hydroxylation is 1. The summed E-state index contributed by atoms with van der Waals surface area (Å²) in [4.78, 5) is 19.6. The summed E-state index contributed by atoms with van der Waals surface area (Å²) >= 11 is 9.16. The number of nitrogens with zero attached hydrogens (tertiary/aromatic N) is 5. The Morgan fingerprint density at radius 3 is 2.69 bits per heavy atom. The SMILES string of the molecule is Cc1nc(N2CCN(C)CC2)sc1-c1csc(Nc2ccc(Cl)cn2)n1. The first-order valence-corrected chi connectivity index (χ1v) is 10.4. The fourth-order valence-electron chi connectivity index (χ4n) is 2.75. The van der Waals surface area contributed by atoms with Gasteiger partial charge in [0.25, 0.3) is 0 Å². The molecule has 0 amide bonds. The smallest absolute Gasteiger partial charge is 0.188 e. The lowest BCUT2D eigenvalue weighted by atomic mass is 10.3. The molecular formula is C17H19ClN6S2. The number of aromatic nitrogens is 3. The van der Waals surface area contributed by atoms with E-state index in [1.807, 2.05) is 6.07 Å². The summed E-state index contributed by atoms with van der Waals surface area (Å²) in [7, 11) is 2.16. The van der Waals surface area contributed by atoms with Crippen molar-refractivity contribution in [1.29, 1.82) is 0 Å². The predicted molar refractivity (Wildman–Crippen MR) is 110 cm³/mol. The van der Waals surface area contributed by atoms with Gasteiger partial charge in [-0.3, -0.25) is 0 Å². The zero-order valence-electron chi connectivity index (χ0n) is 14.6. The molecule has 1 aliphatic heterocycles. The van der Waals surface area contributed by atoms with Gasteiger partial charge in [0.2, 0.25) is 0 Å². The fraction of sp³-hybridized carbons (Fsp3) is 0.353. The van der Waals surface area contributed by atoms with Crippen LogP contribution in [0.3, 0.4) is 0 Å². The number of hydrogen-bond acceptors (Lipinski definition) is 8. The van der Waals surface area contributed by atoms with Crippen molar-refractivity contribution in [3.05, 3.63) is 34.4 Å². The number of anilines is 3. The van der Waals surface area contributed by atoms with Crippen LogP contribution in [0.2, 0.25) is 5.02 Å². The summed E-state index contributed by atoms with van der Waals surface area (Å²) in [5.41, 5.74) is 1.99. The van der Waals surface area contributed by atoms with E-state index in [0.717, 1.165) is 58.5 Å². The number of piperazine rings is 1. The Morgan fingerprint density at radius 1 is 1.15 bits per heavy atom. The van der Waals surface area contributed by atoms with Crippen LogP contribution in [0.1, 0.15) is 5.69 Å². The summed E-state index contributed by atoms with van der Waals surface area (Å²) in [5, 5.41) is 7.80. The minimum Gasteiger partial charge on any atom is -0.346 e. The highest BCUT2D eigenvalue weighted by Crippen LogP contribution is 2.36. The molecule has 0 aliphatic carbocycles. The third kappa shape index (κ3) is 3.83. The Kier molecular flexibility index (Phi) is 5.08. The minimum absolute atomic E-state index is 0.618. The highest BCUT2D eigenvalue weighted by atomic mass is 35.5. The number of likely N-dealkylation sites (N-methyl/N-ethyl adjacent to an activating group) is 1. The van der Waals surface area contributed by atoms with Gasteiger partial charge in [-0.25, -0.2) is 15.0 Å². The Bertz CT molecular complexity index is 883. The van der Waals surface area contributed by atoms with E-state index in [4.69, 9.17) is 21.6 Å². The van der Waals surface area contributed by atoms with Gasteiger partial charge >= 0.3 is 0 Å². The molecule has 4 rings (SSSR count). The van der Waals surface area contributed by atoms with E-state index in [-0.39, 0.29) is 0 Å². The van der Waals surface area contributed by atoms with E-state index in [1.54, 1.807) is 34.9 Å². The third-order valence-electron chi connectivity index (χ3n) is 4.26. The molecule has 0 saturated carbocycles. The van der Waals surface area contributed by atoms with E-state index in [2.05, 4.69) is 39.5 Å². The molecule has 0 spiro atoms. The number of halogens is 1. The minimum atomic E-state index is 0.618. The van der Waals surface area contributed by atoms with E-state index < -0.39 is 0 Å². The zero-order valence-corrected chi connectivity index (χ0v) is 17.0. The van der Waals surface area contributed by atoms with Crippen molar-refractivity contribution in [1.82, 2.24) is 19.9 Å². The topological polar surface area (TPSA) is 57.2 Å². The van der Waals surface area contributed by atoms with Crippen LogP contribution in [-0.4, -0.2) is 53.1 Å². The molecule has 0 unspecified atom stereocenters. The molecule has 9 heteroatoms. The molecule has 26 heavy (non-hydrogen) atoms. The maximum atomic E-state index is 5.88. The maximum Gasteiger partial charge on any atom is 0.188 e. The van der Waals surface area contributed by atoms with Gasteiger partial charge in [0.1, 0.15) is 5.82 Å². The van der Waals surface area contributed by atoms with E-state index >= 15 is 0 Å². The third-order valence-corrected chi connectivity index (χ3v) is 6.48. The van der Waals surface area contributed by atoms with Crippen molar-refractivity contribution < 1.29 is 0 Å². The average Bonchev–Trinajstić information content (AvgIpc) is 3.24. The summed E-state index contributed by atoms with van der Waals surface area (Å²) in [6, 6.07) is 3.65. The molecule has 136 valence electrons. The maximum absolute atomic E-state index is 5.88. The van der Waals surface area contributed by atoms with Crippen molar-refractivity contribution >= 4 is 50.4 Å². The molecule has 1 fully saturated rings. The average molecular weight is 407 g/mol. The number of rotatable bonds is 4. The molecule has 0 atom stereocenters. The van der Waals surface area contributed by atoms with E-state index in [0.29, 0.717) is 5.02 Å². The first-order chi connectivity index (χ1) is 12.6. The van der Waals surface area contributed by atoms with Gasteiger partial charge in [0.05, 0.1) is 21.3 Å². The molecule has 0 radical (unpaired) electrons. The zero-order chi connectivity index (χ0) is 18.1. The normalized spacial score (nSPS) is 15.4. The lowest BCUT2D eigenvalue weighted by Crippen LogP contribution is -2.44. The number of nitrogens with one attached hydrogen (secondary N) is 1. The molecule has 4 heterocycles. The van der Waals surface area contributed by atoms with Crippen LogP contribution >= 0.6 is 34.3 Å². The molecule has 6 nitrogen and oxygen atoms in total. The second kappa shape index (κ2) is 7.48. The highest BCUT2D eigenvalue weighted by Gasteiger charge is 2.20. The van der Waals surface area contributed by atoms with Gasteiger partial charge < -0.3 is 15.1 Å². The molecule has 3 aromatic rings. The standard InChI is InChI=1S/C17H19ClN6S2/c1-11-15(26-17(20-11)24-7-5-23(2)6-8-24)13-10-25-16(21-13)22-14-4-3-12(18)9-19-14/h3-4,9-10H,5-8H2,1-2H3,(H,19,21,22). The summed E-state index contributed by atoms with van der Waals surface area (Å²) < 4.78 is 0. The summed E-state index contributed by atoms with van der Waals surface area (Å²) in [5.74, 6) is 0.731. The van der Waals surface area contributed by atoms with Crippen LogP contribution in [0.4, 0.5) is 16.1 Å². The van der Waals surface area contributed by atoms with E-state index in [9.17, 15) is 0 Å². The van der Waals surface area contributed by atoms with Gasteiger partial charge in [-0.15, -0.1) is 11.3 Å². The van der Waals surface area contributed by atoms with Crippen molar-refractivity contribution in [2.75, 3.05) is 43.4 Å². The molecule has 3 aromatic heterocycles. The predicted octanol–water partition coefficient (Wildman–Crippen LogP) is 4.12. The number of thiazole rings is 2. The van der Waals surface area contributed by atoms with Crippen LogP contribution in [0.5, 0.6) is 0 Å². The van der Waals surface area contributed by atoms with Crippen molar-refractivity contribution in [2.45, 2.75) is 6.92 Å². The first kappa shape index (κ1) is 17.7. The van der Waals surface area contributed by atoms with Crippen molar-refractivity contribution in [2.24, 2.45) is 0 Å². The van der Waals surface area contributed by atoms with Crippen LogP contribution < -0.4 is 10.2 Å². The Labute approximate surface area is 165 Å². The Balaban J connectivity index is 1.51. The molecule has 1 N–H and O–H groups in total. The van der Waals surface area contributed by atoms with Crippen LogP contribution in [0, 0.1) is 6.92 Å². The van der Waals surface area contributed by atoms with Crippen LogP contribution in [-0.2, 0) is 0 Å². The summed E-state index contributed by atoms with van der Waals surface area (Å²) in [6.45, 7) is 6.25. The molecule has 1 aliphatic rings. The number of pyridine rings is 1. The van der Waals surface area contributed by atoms with Crippen molar-refractivity contribution in [3.63, 3.8) is 0 Å². The highest BCUT2D eigenvalue weighted by molar-refractivity contribution is 7.19. The van der Waals surface area contributed by atoms with Gasteiger partial charge in [0.15, 0.2) is 10.3 Å². The Morgan fingerprint density at radius 2 is 1.96 bits per heavy atom. The molecule has 0 bridgehead atoms. The second-order valence-electron chi connectivity index (χ2n) is 6.23. The van der Waals surface area contributed by atoms with Gasteiger partial charge in [-0.05, 0) is 26.1 Å². The molecular weight excluding hydrogens is 388 g/mol. The second-order valence-corrected chi connectivity index (χ2v) is 8.50. The van der Waals surface area contributed by atoms with Crippen LogP contribution in [0.25, 0.3) is 10.6 Å². The monoisotopic (exact) mass is 406 g/mol.